The molecule has 0 heterocycles. The lowest BCUT2D eigenvalue weighted by atomic mass is 10.1. The maximum absolute atomic E-state index is 11.9. The lowest BCUT2D eigenvalue weighted by molar-refractivity contribution is -0.120. The van der Waals surface area contributed by atoms with E-state index in [1.54, 1.807) is 30.3 Å². The van der Waals surface area contributed by atoms with Gasteiger partial charge in [0.2, 0.25) is 15.9 Å². The number of primary sulfonamides is 1. The average molecular weight is 319 g/mol. The highest BCUT2D eigenvalue weighted by Gasteiger charge is 2.07. The van der Waals surface area contributed by atoms with Crippen LogP contribution in [0.15, 0.2) is 53.4 Å². The van der Waals surface area contributed by atoms with Gasteiger partial charge < -0.3 is 11.1 Å². The number of benzene rings is 2. The van der Waals surface area contributed by atoms with Gasteiger partial charge in [0.25, 0.3) is 0 Å². The van der Waals surface area contributed by atoms with Crippen molar-refractivity contribution in [3.63, 3.8) is 0 Å². The van der Waals surface area contributed by atoms with E-state index < -0.39 is 10.0 Å². The van der Waals surface area contributed by atoms with Crippen LogP contribution in [0.25, 0.3) is 0 Å². The summed E-state index contributed by atoms with van der Waals surface area (Å²) < 4.78 is 22.3. The van der Waals surface area contributed by atoms with Gasteiger partial charge in [-0.2, -0.15) is 0 Å². The number of sulfonamides is 1. The minimum absolute atomic E-state index is 0.0438. The number of carbonyl (C=O) groups is 1. The van der Waals surface area contributed by atoms with E-state index >= 15 is 0 Å². The van der Waals surface area contributed by atoms with E-state index in [9.17, 15) is 13.2 Å². The van der Waals surface area contributed by atoms with E-state index in [-0.39, 0.29) is 17.2 Å². The molecule has 0 aliphatic rings. The number of rotatable bonds is 5. The topological polar surface area (TPSA) is 115 Å². The van der Waals surface area contributed by atoms with E-state index in [2.05, 4.69) is 5.32 Å². The van der Waals surface area contributed by atoms with Crippen LogP contribution in [0.5, 0.6) is 0 Å². The van der Waals surface area contributed by atoms with Gasteiger partial charge in [-0.3, -0.25) is 4.79 Å². The van der Waals surface area contributed by atoms with Gasteiger partial charge in [0.1, 0.15) is 0 Å². The summed E-state index contributed by atoms with van der Waals surface area (Å²) in [5.41, 5.74) is 7.89. The third kappa shape index (κ3) is 4.57. The highest BCUT2D eigenvalue weighted by Crippen LogP contribution is 2.09. The van der Waals surface area contributed by atoms with Crippen LogP contribution in [0.4, 0.5) is 5.69 Å². The number of amides is 1. The molecule has 6 nitrogen and oxygen atoms in total. The molecule has 0 unspecified atom stereocenters. The molecule has 0 atom stereocenters. The molecule has 0 saturated heterocycles. The summed E-state index contributed by atoms with van der Waals surface area (Å²) in [6.45, 7) is 0.312. The predicted molar refractivity (Wildman–Crippen MR) is 84.2 cm³/mol. The standard InChI is InChI=1S/C15H17N3O3S/c16-13-3-1-2-12(8-13)9-15(19)18-10-11-4-6-14(7-5-11)22(17,20)21/h1-8H,9-10,16H2,(H,18,19)(H2,17,20,21). The molecule has 0 bridgehead atoms. The van der Waals surface area contributed by atoms with E-state index in [4.69, 9.17) is 10.9 Å². The Morgan fingerprint density at radius 1 is 1.05 bits per heavy atom. The van der Waals surface area contributed by atoms with Crippen molar-refractivity contribution in [2.24, 2.45) is 5.14 Å². The normalized spacial score (nSPS) is 11.1. The van der Waals surface area contributed by atoms with Crippen LogP contribution in [-0.2, 0) is 27.8 Å². The Labute approximate surface area is 129 Å². The van der Waals surface area contributed by atoms with Gasteiger partial charge in [-0.25, -0.2) is 13.6 Å². The molecule has 22 heavy (non-hydrogen) atoms. The molecule has 2 aromatic rings. The maximum Gasteiger partial charge on any atom is 0.238 e. The van der Waals surface area contributed by atoms with Crippen molar-refractivity contribution in [3.8, 4) is 0 Å². The first-order valence-electron chi connectivity index (χ1n) is 6.57. The second-order valence-electron chi connectivity index (χ2n) is 4.89. The van der Waals surface area contributed by atoms with Crippen LogP contribution in [0, 0.1) is 0 Å². The van der Waals surface area contributed by atoms with Crippen LogP contribution in [0.1, 0.15) is 11.1 Å². The molecule has 2 aromatic carbocycles. The molecular weight excluding hydrogens is 302 g/mol. The molecule has 0 aliphatic heterocycles. The second kappa shape index (κ2) is 6.59. The van der Waals surface area contributed by atoms with Gasteiger partial charge >= 0.3 is 0 Å². The molecule has 1 amide bonds. The van der Waals surface area contributed by atoms with Crippen molar-refractivity contribution >= 4 is 21.6 Å². The average Bonchev–Trinajstić information content (AvgIpc) is 2.45. The first-order valence-corrected chi connectivity index (χ1v) is 8.12. The molecule has 0 fully saturated rings. The molecule has 0 aliphatic carbocycles. The minimum atomic E-state index is -3.69. The molecule has 0 saturated carbocycles. The third-order valence-electron chi connectivity index (χ3n) is 3.06. The van der Waals surface area contributed by atoms with Gasteiger partial charge in [0.15, 0.2) is 0 Å². The smallest absolute Gasteiger partial charge is 0.238 e. The number of hydrogen-bond acceptors (Lipinski definition) is 4. The fourth-order valence-corrected chi connectivity index (χ4v) is 2.46. The van der Waals surface area contributed by atoms with Crippen LogP contribution in [0.2, 0.25) is 0 Å². The zero-order valence-corrected chi connectivity index (χ0v) is 12.6. The van der Waals surface area contributed by atoms with Crippen molar-refractivity contribution in [1.29, 1.82) is 0 Å². The molecule has 0 aromatic heterocycles. The maximum atomic E-state index is 11.9. The molecule has 2 rings (SSSR count). The quantitative estimate of drug-likeness (QED) is 0.706. The fraction of sp³-hybridized carbons (Fsp3) is 0.133. The summed E-state index contributed by atoms with van der Waals surface area (Å²) >= 11 is 0. The second-order valence-corrected chi connectivity index (χ2v) is 6.45. The minimum Gasteiger partial charge on any atom is -0.399 e. The van der Waals surface area contributed by atoms with Crippen LogP contribution in [-0.4, -0.2) is 14.3 Å². The first-order chi connectivity index (χ1) is 10.3. The summed E-state index contributed by atoms with van der Waals surface area (Å²) in [5, 5.41) is 7.78. The summed E-state index contributed by atoms with van der Waals surface area (Å²) in [6.07, 6.45) is 0.236. The largest absolute Gasteiger partial charge is 0.399 e. The van der Waals surface area contributed by atoms with Crippen LogP contribution >= 0.6 is 0 Å². The number of anilines is 1. The summed E-state index contributed by atoms with van der Waals surface area (Å²) in [7, 11) is -3.69. The third-order valence-corrected chi connectivity index (χ3v) is 3.99. The Hall–Kier alpha value is -2.38. The van der Waals surface area contributed by atoms with Gasteiger partial charge in [0.05, 0.1) is 11.3 Å². The SMILES string of the molecule is Nc1cccc(CC(=O)NCc2ccc(S(N)(=O)=O)cc2)c1. The Bertz CT molecular complexity index is 771. The Kier molecular flexibility index (Phi) is 4.79. The number of nitrogens with one attached hydrogen (secondary N) is 1. The molecule has 5 N–H and O–H groups in total. The zero-order chi connectivity index (χ0) is 16.2. The predicted octanol–water partition coefficient (Wildman–Crippen LogP) is 0.775. The van der Waals surface area contributed by atoms with Gasteiger partial charge in [-0.1, -0.05) is 24.3 Å². The number of nitrogen functional groups attached to an aromatic ring is 1. The Balaban J connectivity index is 1.91. The number of nitrogens with two attached hydrogens (primary N) is 2. The lowest BCUT2D eigenvalue weighted by Crippen LogP contribution is -2.24. The Morgan fingerprint density at radius 2 is 1.73 bits per heavy atom. The van der Waals surface area contributed by atoms with Crippen LogP contribution < -0.4 is 16.2 Å². The number of carbonyl (C=O) groups excluding carboxylic acids is 1. The van der Waals surface area contributed by atoms with Gasteiger partial charge in [0, 0.05) is 12.2 Å². The van der Waals surface area contributed by atoms with Crippen molar-refractivity contribution in [3.05, 3.63) is 59.7 Å². The molecular formula is C15H17N3O3S. The highest BCUT2D eigenvalue weighted by molar-refractivity contribution is 7.89. The summed E-state index contributed by atoms with van der Waals surface area (Å²) in [4.78, 5) is 11.9. The van der Waals surface area contributed by atoms with E-state index in [0.29, 0.717) is 12.2 Å². The van der Waals surface area contributed by atoms with Crippen molar-refractivity contribution < 1.29 is 13.2 Å². The highest BCUT2D eigenvalue weighted by atomic mass is 32.2. The van der Waals surface area contributed by atoms with Crippen molar-refractivity contribution in [2.75, 3.05) is 5.73 Å². The van der Waals surface area contributed by atoms with E-state index in [1.807, 2.05) is 6.07 Å². The monoisotopic (exact) mass is 319 g/mol. The van der Waals surface area contributed by atoms with Crippen molar-refractivity contribution in [1.82, 2.24) is 5.32 Å². The molecule has 0 radical (unpaired) electrons. The Morgan fingerprint density at radius 3 is 2.32 bits per heavy atom. The van der Waals surface area contributed by atoms with Gasteiger partial charge in [-0.05, 0) is 35.4 Å². The number of hydrogen-bond donors (Lipinski definition) is 3. The summed E-state index contributed by atoms with van der Waals surface area (Å²) in [5.74, 6) is -0.138. The van der Waals surface area contributed by atoms with Gasteiger partial charge in [-0.15, -0.1) is 0 Å². The van der Waals surface area contributed by atoms with Crippen molar-refractivity contribution in [2.45, 2.75) is 17.9 Å². The molecule has 116 valence electrons. The van der Waals surface area contributed by atoms with Crippen LogP contribution in [0.3, 0.4) is 0 Å². The van der Waals surface area contributed by atoms with E-state index in [1.165, 1.54) is 12.1 Å². The zero-order valence-electron chi connectivity index (χ0n) is 11.8. The summed E-state index contributed by atoms with van der Waals surface area (Å²) in [6, 6.07) is 13.2. The van der Waals surface area contributed by atoms with E-state index in [0.717, 1.165) is 11.1 Å². The lowest BCUT2D eigenvalue weighted by Gasteiger charge is -2.07. The first kappa shape index (κ1) is 16.0. The molecule has 0 spiro atoms. The molecule has 7 heteroatoms. The fourth-order valence-electron chi connectivity index (χ4n) is 1.95.